The number of amides is 1. The second-order valence-electron chi connectivity index (χ2n) is 9.80. The summed E-state index contributed by atoms with van der Waals surface area (Å²) >= 11 is 0. The van der Waals surface area contributed by atoms with E-state index in [1.54, 1.807) is 34.1 Å². The van der Waals surface area contributed by atoms with E-state index in [-0.39, 0.29) is 12.3 Å². The molecule has 2 aliphatic heterocycles. The summed E-state index contributed by atoms with van der Waals surface area (Å²) in [7, 11) is 2.47. The monoisotopic (exact) mass is 425 g/mol. The molecule has 2 unspecified atom stereocenters. The first-order valence-corrected chi connectivity index (χ1v) is 10.4. The molecule has 1 amide bonds. The number of methoxy groups -OCH3 is 2. The van der Waals surface area contributed by atoms with E-state index in [9.17, 15) is 9.59 Å². The molecule has 2 atom stereocenters. The highest BCUT2D eigenvalue weighted by Gasteiger charge is 2.56. The summed E-state index contributed by atoms with van der Waals surface area (Å²) < 4.78 is 28.5. The molecule has 0 aromatic heterocycles. The average molecular weight is 425 g/mol. The van der Waals surface area contributed by atoms with Crippen LogP contribution in [0.1, 0.15) is 61.3 Å². The van der Waals surface area contributed by atoms with Crippen molar-refractivity contribution in [2.24, 2.45) is 0 Å². The number of ether oxygens (including phenoxy) is 3. The van der Waals surface area contributed by atoms with E-state index in [2.05, 4.69) is 0 Å². The molecule has 0 N–H and O–H groups in total. The highest BCUT2D eigenvalue weighted by Crippen LogP contribution is 2.44. The maximum Gasteiger partial charge on any atom is 0.469 e. The summed E-state index contributed by atoms with van der Waals surface area (Å²) in [5.41, 5.74) is -1.71. The number of hydrogen-bond acceptors (Lipinski definition) is 7. The normalized spacial score (nSPS) is 24.5. The van der Waals surface area contributed by atoms with E-state index in [0.29, 0.717) is 18.8 Å². The molecule has 0 bridgehead atoms. The smallest absolute Gasteiger partial charge is 0.469 e. The lowest BCUT2D eigenvalue weighted by Crippen LogP contribution is -2.48. The van der Waals surface area contributed by atoms with Gasteiger partial charge in [0.05, 0.1) is 24.1 Å². The fourth-order valence-electron chi connectivity index (χ4n) is 3.42. The molecule has 8 nitrogen and oxygen atoms in total. The minimum absolute atomic E-state index is 0.1000. The average Bonchev–Trinajstić information content (AvgIpc) is 2.82. The Morgan fingerprint density at radius 2 is 1.80 bits per heavy atom. The standard InChI is InChI=1S/C21H36BNO7/c1-19(2,3)28-18(25)15(10-11-26-8)23-13-16(27-9)14(12-17(23)24)22-29-20(4,5)21(6,7)30-22/h13-15H,10-12H2,1-9H3. The van der Waals surface area contributed by atoms with Gasteiger partial charge >= 0.3 is 13.1 Å². The fourth-order valence-corrected chi connectivity index (χ4v) is 3.42. The molecular weight excluding hydrogens is 389 g/mol. The third-order valence-corrected chi connectivity index (χ3v) is 5.76. The van der Waals surface area contributed by atoms with Crippen molar-refractivity contribution in [1.82, 2.24) is 4.90 Å². The van der Waals surface area contributed by atoms with Gasteiger partial charge in [0.2, 0.25) is 5.91 Å². The molecule has 2 rings (SSSR count). The number of carbonyl (C=O) groups excluding carboxylic acids is 2. The van der Waals surface area contributed by atoms with Crippen LogP contribution >= 0.6 is 0 Å². The van der Waals surface area contributed by atoms with Crippen LogP contribution in [0.3, 0.4) is 0 Å². The largest absolute Gasteiger partial charge is 0.500 e. The molecular formula is C21H36BNO7. The second-order valence-corrected chi connectivity index (χ2v) is 9.80. The van der Waals surface area contributed by atoms with Crippen LogP contribution < -0.4 is 0 Å². The topological polar surface area (TPSA) is 83.5 Å². The minimum atomic E-state index is -0.805. The zero-order valence-corrected chi connectivity index (χ0v) is 19.7. The first-order valence-electron chi connectivity index (χ1n) is 10.4. The molecule has 0 aliphatic carbocycles. The summed E-state index contributed by atoms with van der Waals surface area (Å²) in [6.45, 7) is 13.5. The number of allylic oxidation sites excluding steroid dienone is 1. The van der Waals surface area contributed by atoms with E-state index < -0.39 is 41.7 Å². The lowest BCUT2D eigenvalue weighted by atomic mass is 9.67. The lowest BCUT2D eigenvalue weighted by molar-refractivity contribution is -0.164. The summed E-state index contributed by atoms with van der Waals surface area (Å²) in [6.07, 6.45) is 1.99. The van der Waals surface area contributed by atoms with Crippen molar-refractivity contribution in [1.29, 1.82) is 0 Å². The minimum Gasteiger partial charge on any atom is -0.500 e. The van der Waals surface area contributed by atoms with Gasteiger partial charge in [-0.3, -0.25) is 4.79 Å². The van der Waals surface area contributed by atoms with Crippen LogP contribution in [0, 0.1) is 0 Å². The van der Waals surface area contributed by atoms with Gasteiger partial charge < -0.3 is 28.4 Å². The molecule has 0 aromatic rings. The van der Waals surface area contributed by atoms with Crippen LogP contribution in [0.5, 0.6) is 0 Å². The van der Waals surface area contributed by atoms with Crippen molar-refractivity contribution in [2.45, 2.75) is 90.0 Å². The Labute approximate surface area is 180 Å². The van der Waals surface area contributed by atoms with Gasteiger partial charge in [0.25, 0.3) is 0 Å². The molecule has 2 heterocycles. The molecule has 0 radical (unpaired) electrons. The molecule has 0 saturated carbocycles. The number of nitrogens with zero attached hydrogens (tertiary/aromatic N) is 1. The highest BCUT2D eigenvalue weighted by atomic mass is 16.7. The van der Waals surface area contributed by atoms with Crippen molar-refractivity contribution < 1.29 is 33.1 Å². The van der Waals surface area contributed by atoms with Gasteiger partial charge in [-0.1, -0.05) is 0 Å². The Bertz CT molecular complexity index is 667. The molecule has 170 valence electrons. The molecule has 30 heavy (non-hydrogen) atoms. The maximum absolute atomic E-state index is 13.1. The van der Waals surface area contributed by atoms with Crippen LogP contribution in [-0.2, 0) is 33.1 Å². The number of rotatable bonds is 7. The van der Waals surface area contributed by atoms with Crippen LogP contribution in [0.15, 0.2) is 12.0 Å². The highest BCUT2D eigenvalue weighted by molar-refractivity contribution is 6.49. The lowest BCUT2D eigenvalue weighted by Gasteiger charge is -2.35. The predicted molar refractivity (Wildman–Crippen MR) is 113 cm³/mol. The SMILES string of the molecule is COCCC(C(=O)OC(C)(C)C)N1C=C(OC)C(B2OC(C)(C)C(C)(C)O2)CC1=O. The van der Waals surface area contributed by atoms with Crippen molar-refractivity contribution in [3.05, 3.63) is 12.0 Å². The summed E-state index contributed by atoms with van der Waals surface area (Å²) in [5, 5.41) is 0. The third-order valence-electron chi connectivity index (χ3n) is 5.76. The first kappa shape index (κ1) is 24.7. The van der Waals surface area contributed by atoms with Crippen LogP contribution in [0.2, 0.25) is 5.82 Å². The zero-order chi connectivity index (χ0) is 22.9. The van der Waals surface area contributed by atoms with Gasteiger partial charge in [-0.05, 0) is 48.5 Å². The van der Waals surface area contributed by atoms with Crippen molar-refractivity contribution in [3.63, 3.8) is 0 Å². The summed E-state index contributed by atoms with van der Waals surface area (Å²) in [6, 6.07) is -0.805. The van der Waals surface area contributed by atoms with E-state index in [1.165, 1.54) is 12.0 Å². The summed E-state index contributed by atoms with van der Waals surface area (Å²) in [5.74, 6) is -0.572. The van der Waals surface area contributed by atoms with Gasteiger partial charge in [0.15, 0.2) is 0 Å². The predicted octanol–water partition coefficient (Wildman–Crippen LogP) is 2.92. The Kier molecular flexibility index (Phi) is 7.31. The van der Waals surface area contributed by atoms with E-state index in [4.69, 9.17) is 23.5 Å². The Morgan fingerprint density at radius 1 is 1.23 bits per heavy atom. The van der Waals surface area contributed by atoms with E-state index >= 15 is 0 Å². The van der Waals surface area contributed by atoms with Crippen molar-refractivity contribution in [2.75, 3.05) is 20.8 Å². The molecule has 2 aliphatic rings. The van der Waals surface area contributed by atoms with Gasteiger partial charge in [-0.25, -0.2) is 4.79 Å². The number of carbonyl (C=O) groups is 2. The van der Waals surface area contributed by atoms with Gasteiger partial charge in [0, 0.05) is 32.8 Å². The molecule has 0 spiro atoms. The molecule has 9 heteroatoms. The number of esters is 1. The molecule has 0 aromatic carbocycles. The maximum atomic E-state index is 13.1. The fraction of sp³-hybridized carbons (Fsp3) is 0.810. The van der Waals surface area contributed by atoms with Crippen LogP contribution in [0.4, 0.5) is 0 Å². The van der Waals surface area contributed by atoms with Gasteiger partial charge in [-0.15, -0.1) is 0 Å². The summed E-state index contributed by atoms with van der Waals surface area (Å²) in [4.78, 5) is 27.3. The van der Waals surface area contributed by atoms with Crippen molar-refractivity contribution in [3.8, 4) is 0 Å². The van der Waals surface area contributed by atoms with E-state index in [0.717, 1.165) is 0 Å². The van der Waals surface area contributed by atoms with E-state index in [1.807, 2.05) is 27.7 Å². The van der Waals surface area contributed by atoms with Crippen LogP contribution in [0.25, 0.3) is 0 Å². The number of hydrogen-bond donors (Lipinski definition) is 0. The Morgan fingerprint density at radius 3 is 2.27 bits per heavy atom. The van der Waals surface area contributed by atoms with Crippen LogP contribution in [-0.4, -0.2) is 67.6 Å². The first-order chi connectivity index (χ1) is 13.7. The van der Waals surface area contributed by atoms with Crippen molar-refractivity contribution >= 4 is 19.0 Å². The third kappa shape index (κ3) is 5.37. The van der Waals surface area contributed by atoms with Gasteiger partial charge in [0.1, 0.15) is 17.4 Å². The quantitative estimate of drug-likeness (QED) is 0.458. The molecule has 1 fully saturated rings. The second kappa shape index (κ2) is 8.89. The molecule has 1 saturated heterocycles. The zero-order valence-electron chi connectivity index (χ0n) is 19.7. The Hall–Kier alpha value is -1.58. The van der Waals surface area contributed by atoms with Gasteiger partial charge in [-0.2, -0.15) is 0 Å². The Balaban J connectivity index is 2.30.